The molecule has 0 aliphatic carbocycles. The predicted octanol–water partition coefficient (Wildman–Crippen LogP) is 4.59. The first kappa shape index (κ1) is 12.0. The minimum atomic E-state index is 0.816. The van der Waals surface area contributed by atoms with Crippen molar-refractivity contribution in [2.24, 2.45) is 0 Å². The maximum Gasteiger partial charge on any atom is 0.151 e. The molecule has 0 unspecified atom stereocenters. The Bertz CT molecular complexity index is 525. The lowest BCUT2D eigenvalue weighted by Crippen LogP contribution is -1.95. The molecule has 0 fully saturated rings. The third-order valence-electron chi connectivity index (χ3n) is 2.54. The van der Waals surface area contributed by atoms with Crippen molar-refractivity contribution in [3.05, 3.63) is 52.5 Å². The summed E-state index contributed by atoms with van der Waals surface area (Å²) in [5.74, 6) is 1.69. The first-order valence-electron chi connectivity index (χ1n) is 5.42. The standard InChI is InChI=1S/C14H14BrNO/c1-10-6-3-4-8-12(10)17-13-9-5-7-11(15)14(13)16-2/h3-9,16H,1-2H3. The van der Waals surface area contributed by atoms with Gasteiger partial charge >= 0.3 is 0 Å². The SMILES string of the molecule is CNc1c(Br)cccc1Oc1ccccc1C. The van der Waals surface area contributed by atoms with E-state index in [4.69, 9.17) is 4.74 Å². The third kappa shape index (κ3) is 2.61. The summed E-state index contributed by atoms with van der Waals surface area (Å²) in [7, 11) is 1.88. The number of hydrogen-bond donors (Lipinski definition) is 1. The molecular formula is C14H14BrNO. The molecule has 0 heterocycles. The molecule has 2 aromatic rings. The van der Waals surface area contributed by atoms with Crippen LogP contribution in [0.1, 0.15) is 5.56 Å². The molecule has 0 spiro atoms. The van der Waals surface area contributed by atoms with Crippen molar-refractivity contribution < 1.29 is 4.74 Å². The Morgan fingerprint density at radius 2 is 1.71 bits per heavy atom. The Balaban J connectivity index is 2.37. The Labute approximate surface area is 110 Å². The molecule has 2 rings (SSSR count). The van der Waals surface area contributed by atoms with Crippen LogP contribution in [0, 0.1) is 6.92 Å². The quantitative estimate of drug-likeness (QED) is 0.893. The van der Waals surface area contributed by atoms with Crippen molar-refractivity contribution >= 4 is 21.6 Å². The molecule has 2 nitrogen and oxygen atoms in total. The molecule has 0 aliphatic rings. The number of anilines is 1. The fraction of sp³-hybridized carbons (Fsp3) is 0.143. The molecule has 0 aromatic heterocycles. The van der Waals surface area contributed by atoms with E-state index in [1.165, 1.54) is 0 Å². The zero-order chi connectivity index (χ0) is 12.3. The molecule has 0 amide bonds. The molecule has 0 aliphatic heterocycles. The predicted molar refractivity (Wildman–Crippen MR) is 74.9 cm³/mol. The van der Waals surface area contributed by atoms with Gasteiger partial charge in [-0.2, -0.15) is 0 Å². The lowest BCUT2D eigenvalue weighted by atomic mass is 10.2. The summed E-state index contributed by atoms with van der Waals surface area (Å²) in [6, 6.07) is 13.9. The van der Waals surface area contributed by atoms with Gasteiger partial charge in [-0.1, -0.05) is 24.3 Å². The van der Waals surface area contributed by atoms with Crippen molar-refractivity contribution in [1.29, 1.82) is 0 Å². The highest BCUT2D eigenvalue weighted by molar-refractivity contribution is 9.10. The van der Waals surface area contributed by atoms with Crippen molar-refractivity contribution in [3.8, 4) is 11.5 Å². The van der Waals surface area contributed by atoms with Gasteiger partial charge in [0.15, 0.2) is 5.75 Å². The number of ether oxygens (including phenoxy) is 1. The average Bonchev–Trinajstić information content (AvgIpc) is 2.32. The van der Waals surface area contributed by atoms with Crippen LogP contribution >= 0.6 is 15.9 Å². The summed E-state index contributed by atoms with van der Waals surface area (Å²) < 4.78 is 6.91. The smallest absolute Gasteiger partial charge is 0.151 e. The minimum absolute atomic E-state index is 0.816. The summed E-state index contributed by atoms with van der Waals surface area (Å²) in [6.45, 7) is 2.03. The largest absolute Gasteiger partial charge is 0.455 e. The summed E-state index contributed by atoms with van der Waals surface area (Å²) in [6.07, 6.45) is 0. The Kier molecular flexibility index (Phi) is 3.69. The van der Waals surface area contributed by atoms with E-state index in [9.17, 15) is 0 Å². The van der Waals surface area contributed by atoms with Gasteiger partial charge in [0, 0.05) is 11.5 Å². The Morgan fingerprint density at radius 3 is 2.41 bits per heavy atom. The normalized spacial score (nSPS) is 10.1. The molecular weight excluding hydrogens is 278 g/mol. The van der Waals surface area contributed by atoms with Gasteiger partial charge in [0.05, 0.1) is 5.69 Å². The Morgan fingerprint density at radius 1 is 1.00 bits per heavy atom. The Hall–Kier alpha value is -1.48. The van der Waals surface area contributed by atoms with Gasteiger partial charge < -0.3 is 10.1 Å². The van der Waals surface area contributed by atoms with E-state index in [-0.39, 0.29) is 0 Å². The fourth-order valence-corrected chi connectivity index (χ4v) is 2.17. The molecule has 0 saturated heterocycles. The molecule has 17 heavy (non-hydrogen) atoms. The number of aryl methyl sites for hydroxylation is 1. The van der Waals surface area contributed by atoms with Crippen LogP contribution in [0.2, 0.25) is 0 Å². The number of nitrogens with one attached hydrogen (secondary N) is 1. The number of halogens is 1. The zero-order valence-electron chi connectivity index (χ0n) is 9.83. The second-order valence-corrected chi connectivity index (χ2v) is 4.58. The fourth-order valence-electron chi connectivity index (χ4n) is 1.62. The number of rotatable bonds is 3. The van der Waals surface area contributed by atoms with E-state index in [1.807, 2.05) is 56.4 Å². The number of benzene rings is 2. The average molecular weight is 292 g/mol. The summed E-state index contributed by atoms with van der Waals surface area (Å²) >= 11 is 3.50. The van der Waals surface area contributed by atoms with Crippen LogP contribution in [-0.4, -0.2) is 7.05 Å². The summed E-state index contributed by atoms with van der Waals surface area (Å²) in [5, 5.41) is 3.13. The lowest BCUT2D eigenvalue weighted by molar-refractivity contribution is 0.480. The second-order valence-electron chi connectivity index (χ2n) is 3.73. The van der Waals surface area contributed by atoms with Crippen LogP contribution in [-0.2, 0) is 0 Å². The lowest BCUT2D eigenvalue weighted by Gasteiger charge is -2.13. The zero-order valence-corrected chi connectivity index (χ0v) is 11.4. The first-order chi connectivity index (χ1) is 8.22. The van der Waals surface area contributed by atoms with E-state index < -0.39 is 0 Å². The third-order valence-corrected chi connectivity index (χ3v) is 3.20. The van der Waals surface area contributed by atoms with Crippen molar-refractivity contribution in [3.63, 3.8) is 0 Å². The highest BCUT2D eigenvalue weighted by Gasteiger charge is 2.07. The molecule has 0 radical (unpaired) electrons. The van der Waals surface area contributed by atoms with Gasteiger partial charge in [-0.15, -0.1) is 0 Å². The maximum absolute atomic E-state index is 5.92. The van der Waals surface area contributed by atoms with Gasteiger partial charge in [-0.3, -0.25) is 0 Å². The van der Waals surface area contributed by atoms with E-state index in [0.29, 0.717) is 0 Å². The topological polar surface area (TPSA) is 21.3 Å². The van der Waals surface area contributed by atoms with Gasteiger partial charge in [0.25, 0.3) is 0 Å². The number of para-hydroxylation sites is 2. The molecule has 2 aromatic carbocycles. The van der Waals surface area contributed by atoms with Crippen molar-refractivity contribution in [1.82, 2.24) is 0 Å². The molecule has 0 saturated carbocycles. The van der Waals surface area contributed by atoms with Gasteiger partial charge in [-0.25, -0.2) is 0 Å². The highest BCUT2D eigenvalue weighted by atomic mass is 79.9. The maximum atomic E-state index is 5.92. The minimum Gasteiger partial charge on any atom is -0.455 e. The van der Waals surface area contributed by atoms with Gasteiger partial charge in [-0.05, 0) is 46.6 Å². The van der Waals surface area contributed by atoms with Gasteiger partial charge in [0.2, 0.25) is 0 Å². The van der Waals surface area contributed by atoms with Crippen LogP contribution in [0.5, 0.6) is 11.5 Å². The summed E-state index contributed by atoms with van der Waals surface area (Å²) in [5.41, 5.74) is 2.07. The van der Waals surface area contributed by atoms with Crippen LogP contribution in [0.3, 0.4) is 0 Å². The monoisotopic (exact) mass is 291 g/mol. The number of hydrogen-bond acceptors (Lipinski definition) is 2. The van der Waals surface area contributed by atoms with Crippen LogP contribution in [0.25, 0.3) is 0 Å². The van der Waals surface area contributed by atoms with Crippen molar-refractivity contribution in [2.75, 3.05) is 12.4 Å². The van der Waals surface area contributed by atoms with Crippen LogP contribution < -0.4 is 10.1 Å². The molecule has 3 heteroatoms. The molecule has 1 N–H and O–H groups in total. The first-order valence-corrected chi connectivity index (χ1v) is 6.21. The van der Waals surface area contributed by atoms with E-state index >= 15 is 0 Å². The molecule has 88 valence electrons. The van der Waals surface area contributed by atoms with Gasteiger partial charge in [0.1, 0.15) is 5.75 Å². The van der Waals surface area contributed by atoms with Crippen molar-refractivity contribution in [2.45, 2.75) is 6.92 Å². The molecule has 0 atom stereocenters. The second kappa shape index (κ2) is 5.23. The van der Waals surface area contributed by atoms with Crippen LogP contribution in [0.4, 0.5) is 5.69 Å². The summed E-state index contributed by atoms with van der Waals surface area (Å²) in [4.78, 5) is 0. The molecule has 0 bridgehead atoms. The van der Waals surface area contributed by atoms with E-state index in [2.05, 4.69) is 21.2 Å². The highest BCUT2D eigenvalue weighted by Crippen LogP contribution is 2.35. The van der Waals surface area contributed by atoms with E-state index in [1.54, 1.807) is 0 Å². The van der Waals surface area contributed by atoms with Crippen LogP contribution in [0.15, 0.2) is 46.9 Å². The van der Waals surface area contributed by atoms with E-state index in [0.717, 1.165) is 27.2 Å².